The molecule has 0 spiro atoms. The molecule has 0 saturated heterocycles. The van der Waals surface area contributed by atoms with E-state index in [0.717, 1.165) is 6.42 Å². The molecule has 20 heavy (non-hydrogen) atoms. The molecular formula is C13H14N4O2S. The minimum atomic E-state index is -0.433. The third-order valence-corrected chi connectivity index (χ3v) is 3.01. The van der Waals surface area contributed by atoms with E-state index in [9.17, 15) is 4.79 Å². The van der Waals surface area contributed by atoms with Crippen LogP contribution < -0.4 is 5.73 Å². The van der Waals surface area contributed by atoms with E-state index in [1.165, 1.54) is 11.3 Å². The Hall–Kier alpha value is -2.28. The molecule has 0 aliphatic heterocycles. The lowest BCUT2D eigenvalue weighted by Crippen LogP contribution is -2.05. The van der Waals surface area contributed by atoms with Crippen molar-refractivity contribution in [3.05, 3.63) is 35.3 Å². The lowest BCUT2D eigenvalue weighted by molar-refractivity contribution is 0.0499. The van der Waals surface area contributed by atoms with Gasteiger partial charge in [0.05, 0.1) is 12.3 Å². The van der Waals surface area contributed by atoms with E-state index in [1.807, 2.05) is 6.92 Å². The zero-order valence-electron chi connectivity index (χ0n) is 10.9. The Labute approximate surface area is 120 Å². The lowest BCUT2D eigenvalue weighted by Gasteiger charge is -1.98. The van der Waals surface area contributed by atoms with Crippen molar-refractivity contribution in [1.82, 2.24) is 4.98 Å². The molecule has 0 amide bonds. The van der Waals surface area contributed by atoms with Gasteiger partial charge in [-0.15, -0.1) is 21.6 Å². The smallest absolute Gasteiger partial charge is 0.357 e. The van der Waals surface area contributed by atoms with Gasteiger partial charge in [0, 0.05) is 11.1 Å². The fourth-order valence-corrected chi connectivity index (χ4v) is 1.92. The van der Waals surface area contributed by atoms with Gasteiger partial charge >= 0.3 is 5.97 Å². The first-order valence-corrected chi connectivity index (χ1v) is 6.97. The summed E-state index contributed by atoms with van der Waals surface area (Å²) in [6, 6.07) is 6.99. The molecule has 6 nitrogen and oxygen atoms in total. The van der Waals surface area contributed by atoms with Crippen molar-refractivity contribution in [2.75, 3.05) is 12.3 Å². The second-order valence-electron chi connectivity index (χ2n) is 3.94. The molecular weight excluding hydrogens is 276 g/mol. The quantitative estimate of drug-likeness (QED) is 0.516. The Morgan fingerprint density at radius 2 is 2.10 bits per heavy atom. The van der Waals surface area contributed by atoms with Gasteiger partial charge in [0.15, 0.2) is 5.69 Å². The number of carbonyl (C=O) groups is 1. The molecule has 1 heterocycles. The Morgan fingerprint density at radius 3 is 2.80 bits per heavy atom. The number of azo groups is 1. The van der Waals surface area contributed by atoms with Gasteiger partial charge < -0.3 is 10.5 Å². The summed E-state index contributed by atoms with van der Waals surface area (Å²) in [4.78, 5) is 15.6. The summed E-state index contributed by atoms with van der Waals surface area (Å²) in [6.07, 6.45) is 0.777. The van der Waals surface area contributed by atoms with Gasteiger partial charge in [-0.3, -0.25) is 0 Å². The topological polar surface area (TPSA) is 89.9 Å². The summed E-state index contributed by atoms with van der Waals surface area (Å²) in [5, 5.41) is 10.0. The highest BCUT2D eigenvalue weighted by Gasteiger charge is 2.11. The zero-order valence-corrected chi connectivity index (χ0v) is 11.8. The van der Waals surface area contributed by atoms with Crippen LogP contribution >= 0.6 is 11.3 Å². The fraction of sp³-hybridized carbons (Fsp3) is 0.231. The van der Waals surface area contributed by atoms with Crippen LogP contribution in [-0.2, 0) is 4.74 Å². The maximum atomic E-state index is 11.6. The summed E-state index contributed by atoms with van der Waals surface area (Å²) in [5.74, 6) is -0.433. The Bertz CT molecular complexity index is 607. The minimum Gasteiger partial charge on any atom is -0.461 e. The largest absolute Gasteiger partial charge is 0.461 e. The number of hydrogen-bond acceptors (Lipinski definition) is 7. The zero-order chi connectivity index (χ0) is 14.4. The van der Waals surface area contributed by atoms with Crippen LogP contribution in [0.1, 0.15) is 23.8 Å². The van der Waals surface area contributed by atoms with Crippen molar-refractivity contribution in [1.29, 1.82) is 0 Å². The van der Waals surface area contributed by atoms with E-state index in [1.54, 1.807) is 29.6 Å². The van der Waals surface area contributed by atoms with Crippen LogP contribution in [0, 0.1) is 0 Å². The molecule has 0 unspecified atom stereocenters. The number of aromatic nitrogens is 1. The molecule has 0 aliphatic rings. The summed E-state index contributed by atoms with van der Waals surface area (Å²) >= 11 is 1.24. The van der Waals surface area contributed by atoms with Crippen LogP contribution in [0.5, 0.6) is 0 Å². The summed E-state index contributed by atoms with van der Waals surface area (Å²) in [5.41, 5.74) is 7.17. The lowest BCUT2D eigenvalue weighted by atomic mass is 10.3. The van der Waals surface area contributed by atoms with Crippen molar-refractivity contribution in [2.45, 2.75) is 13.3 Å². The minimum absolute atomic E-state index is 0.259. The third kappa shape index (κ3) is 3.86. The molecule has 7 heteroatoms. The Kier molecular flexibility index (Phi) is 4.78. The van der Waals surface area contributed by atoms with Crippen molar-refractivity contribution < 1.29 is 9.53 Å². The number of nitrogens with zero attached hydrogens (tertiary/aromatic N) is 3. The van der Waals surface area contributed by atoms with Gasteiger partial charge in [0.25, 0.3) is 0 Å². The molecule has 1 aromatic carbocycles. The predicted molar refractivity (Wildman–Crippen MR) is 77.7 cm³/mol. The first kappa shape index (κ1) is 14.1. The molecule has 0 radical (unpaired) electrons. The molecule has 0 atom stereocenters. The number of carbonyl (C=O) groups excluding carboxylic acids is 1. The molecule has 1 aromatic heterocycles. The second kappa shape index (κ2) is 6.76. The summed E-state index contributed by atoms with van der Waals surface area (Å²) in [6.45, 7) is 2.32. The Morgan fingerprint density at radius 1 is 1.35 bits per heavy atom. The van der Waals surface area contributed by atoms with Crippen molar-refractivity contribution in [3.8, 4) is 0 Å². The average molecular weight is 290 g/mol. The fourth-order valence-electron chi connectivity index (χ4n) is 1.31. The van der Waals surface area contributed by atoms with Crippen molar-refractivity contribution >= 4 is 33.8 Å². The number of esters is 1. The number of nitrogens with two attached hydrogens (primary N) is 1. The normalized spacial score (nSPS) is 10.8. The maximum absolute atomic E-state index is 11.6. The van der Waals surface area contributed by atoms with Gasteiger partial charge in [0.1, 0.15) is 0 Å². The first-order valence-electron chi connectivity index (χ1n) is 6.09. The second-order valence-corrected chi connectivity index (χ2v) is 4.78. The van der Waals surface area contributed by atoms with Gasteiger partial charge in [-0.05, 0) is 30.7 Å². The van der Waals surface area contributed by atoms with Crippen LogP contribution in [-0.4, -0.2) is 17.6 Å². The molecule has 104 valence electrons. The van der Waals surface area contributed by atoms with Gasteiger partial charge in [0.2, 0.25) is 5.13 Å². The average Bonchev–Trinajstić information content (AvgIpc) is 2.93. The van der Waals surface area contributed by atoms with Crippen molar-refractivity contribution in [2.24, 2.45) is 10.2 Å². The van der Waals surface area contributed by atoms with Crippen LogP contribution in [0.4, 0.5) is 16.5 Å². The first-order chi connectivity index (χ1) is 9.69. The molecule has 2 N–H and O–H groups in total. The van der Waals surface area contributed by atoms with Crippen LogP contribution in [0.25, 0.3) is 0 Å². The van der Waals surface area contributed by atoms with Gasteiger partial charge in [-0.1, -0.05) is 6.92 Å². The van der Waals surface area contributed by atoms with E-state index >= 15 is 0 Å². The van der Waals surface area contributed by atoms with E-state index < -0.39 is 5.97 Å². The third-order valence-electron chi connectivity index (χ3n) is 2.28. The maximum Gasteiger partial charge on any atom is 0.357 e. The van der Waals surface area contributed by atoms with E-state index in [-0.39, 0.29) is 5.69 Å². The number of anilines is 1. The van der Waals surface area contributed by atoms with E-state index in [4.69, 9.17) is 10.5 Å². The van der Waals surface area contributed by atoms with Crippen molar-refractivity contribution in [3.63, 3.8) is 0 Å². The molecule has 2 aromatic rings. The number of hydrogen-bond donors (Lipinski definition) is 1. The summed E-state index contributed by atoms with van der Waals surface area (Å²) < 4.78 is 4.99. The van der Waals surface area contributed by atoms with Crippen LogP contribution in [0.3, 0.4) is 0 Å². The summed E-state index contributed by atoms with van der Waals surface area (Å²) in [7, 11) is 0. The number of ether oxygens (including phenoxy) is 1. The Balaban J connectivity index is 2.02. The number of thiazole rings is 1. The SMILES string of the molecule is CCCOC(=O)c1csc(/N=N/c2ccc(N)cc2)n1. The van der Waals surface area contributed by atoms with Crippen LogP contribution in [0.2, 0.25) is 0 Å². The molecule has 0 aliphatic carbocycles. The molecule has 2 rings (SSSR count). The molecule has 0 fully saturated rings. The molecule has 0 saturated carbocycles. The monoisotopic (exact) mass is 290 g/mol. The van der Waals surface area contributed by atoms with Crippen LogP contribution in [0.15, 0.2) is 39.9 Å². The highest BCUT2D eigenvalue weighted by Crippen LogP contribution is 2.23. The number of rotatable bonds is 5. The van der Waals surface area contributed by atoms with E-state index in [2.05, 4.69) is 15.2 Å². The van der Waals surface area contributed by atoms with Gasteiger partial charge in [-0.2, -0.15) is 0 Å². The highest BCUT2D eigenvalue weighted by molar-refractivity contribution is 7.13. The molecule has 0 bridgehead atoms. The van der Waals surface area contributed by atoms with Gasteiger partial charge in [-0.25, -0.2) is 9.78 Å². The predicted octanol–water partition coefficient (Wildman–Crippen LogP) is 3.71. The standard InChI is InChI=1S/C13H14N4O2S/c1-2-7-19-12(18)11-8-20-13(15-11)17-16-10-5-3-9(14)4-6-10/h3-6,8H,2,7,14H2,1H3/b17-16+. The van der Waals surface area contributed by atoms with E-state index in [0.29, 0.717) is 23.1 Å². The highest BCUT2D eigenvalue weighted by atomic mass is 32.1. The number of benzene rings is 1. The number of nitrogen functional groups attached to an aromatic ring is 1.